The van der Waals surface area contributed by atoms with Gasteiger partial charge in [-0.3, -0.25) is 9.36 Å². The Morgan fingerprint density at radius 3 is 1.72 bits per heavy atom. The van der Waals surface area contributed by atoms with Crippen molar-refractivity contribution >= 4 is 33.8 Å². The number of nitrogens with zero attached hydrogens (tertiary/aromatic N) is 2. The summed E-state index contributed by atoms with van der Waals surface area (Å²) in [6.07, 6.45) is 0. The molecule has 39 heavy (non-hydrogen) atoms. The van der Waals surface area contributed by atoms with Gasteiger partial charge in [-0.1, -0.05) is 72.8 Å². The number of rotatable bonds is 5. The van der Waals surface area contributed by atoms with Crippen LogP contribution in [0.3, 0.4) is 0 Å². The van der Waals surface area contributed by atoms with E-state index in [1.54, 1.807) is 4.57 Å². The first kappa shape index (κ1) is 26.0. The smallest absolute Gasteiger partial charge is 0.276 e. The summed E-state index contributed by atoms with van der Waals surface area (Å²) in [5, 5.41) is 16.2. The topological polar surface area (TPSA) is 66.6 Å². The monoisotopic (exact) mass is 515 g/mol. The second kappa shape index (κ2) is 10.3. The Bertz CT molecular complexity index is 1710. The number of nitrogens with one attached hydrogen (secondary N) is 1. The molecule has 5 aromatic rings. The van der Waals surface area contributed by atoms with Crippen molar-refractivity contribution < 1.29 is 9.90 Å². The lowest BCUT2D eigenvalue weighted by Crippen LogP contribution is -2.27. The molecule has 5 rings (SSSR count). The second-order valence-corrected chi connectivity index (χ2v) is 10.2. The summed E-state index contributed by atoms with van der Waals surface area (Å²) in [7, 11) is 0. The summed E-state index contributed by atoms with van der Waals surface area (Å²) < 4.78 is 1.78. The molecule has 2 N–H and O–H groups in total. The standard InChI is InChI=1S/C34H33N3O2/c1-20-12-9-13-21(2)28(20)35-30(33(38)36-29-22(3)14-10-15-23(29)4)32-26-18-7-8-19-27(26)34(39)37(32)31-24(5)16-11-17-25(31)6/h7-19,39H,1-6H3,(H,36,38). The van der Waals surface area contributed by atoms with Gasteiger partial charge in [0, 0.05) is 16.5 Å². The molecule has 0 spiro atoms. The molecular weight excluding hydrogens is 482 g/mol. The number of aromatic hydroxyl groups is 1. The number of aromatic nitrogens is 1. The lowest BCUT2D eigenvalue weighted by Gasteiger charge is -2.19. The Balaban J connectivity index is 1.87. The fourth-order valence-electron chi connectivity index (χ4n) is 5.33. The maximum atomic E-state index is 14.3. The molecule has 0 radical (unpaired) electrons. The third kappa shape index (κ3) is 4.61. The van der Waals surface area contributed by atoms with E-state index in [0.29, 0.717) is 11.1 Å². The average molecular weight is 516 g/mol. The molecule has 0 atom stereocenters. The molecule has 196 valence electrons. The number of anilines is 1. The zero-order valence-corrected chi connectivity index (χ0v) is 23.3. The van der Waals surface area contributed by atoms with Crippen molar-refractivity contribution in [1.29, 1.82) is 0 Å². The van der Waals surface area contributed by atoms with Crippen LogP contribution in [0.1, 0.15) is 39.1 Å². The number of hydrogen-bond acceptors (Lipinski definition) is 3. The number of para-hydroxylation sites is 3. The first-order valence-electron chi connectivity index (χ1n) is 13.1. The summed E-state index contributed by atoms with van der Waals surface area (Å²) in [6.45, 7) is 12.0. The second-order valence-electron chi connectivity index (χ2n) is 10.2. The van der Waals surface area contributed by atoms with Gasteiger partial charge in [-0.25, -0.2) is 4.99 Å². The summed E-state index contributed by atoms with van der Waals surface area (Å²) in [6, 6.07) is 25.5. The molecule has 4 aromatic carbocycles. The van der Waals surface area contributed by atoms with Crippen molar-refractivity contribution in [3.8, 4) is 11.6 Å². The quantitative estimate of drug-likeness (QED) is 0.233. The van der Waals surface area contributed by atoms with Crippen molar-refractivity contribution in [2.75, 3.05) is 5.32 Å². The molecule has 1 heterocycles. The highest BCUT2D eigenvalue weighted by atomic mass is 16.3. The number of aliphatic imine (C=N–C) groups is 1. The van der Waals surface area contributed by atoms with Crippen LogP contribution in [0.25, 0.3) is 16.5 Å². The van der Waals surface area contributed by atoms with Gasteiger partial charge in [0.1, 0.15) is 0 Å². The molecule has 5 heteroatoms. The minimum absolute atomic E-state index is 0.0760. The highest BCUT2D eigenvalue weighted by Crippen LogP contribution is 2.38. The molecule has 0 saturated heterocycles. The zero-order chi connectivity index (χ0) is 27.8. The van der Waals surface area contributed by atoms with Crippen LogP contribution in [0, 0.1) is 41.5 Å². The Kier molecular flexibility index (Phi) is 6.83. The summed E-state index contributed by atoms with van der Waals surface area (Å²) in [5.74, 6) is -0.266. The minimum atomic E-state index is -0.342. The molecule has 1 aromatic heterocycles. The third-order valence-electron chi connectivity index (χ3n) is 7.34. The van der Waals surface area contributed by atoms with Crippen LogP contribution in [0.15, 0.2) is 83.9 Å². The summed E-state index contributed by atoms with van der Waals surface area (Å²) in [5.41, 5.74) is 8.92. The first-order chi connectivity index (χ1) is 18.7. The molecule has 0 saturated carbocycles. The number of fused-ring (bicyclic) bond motifs is 1. The van der Waals surface area contributed by atoms with Crippen LogP contribution in [0.4, 0.5) is 11.4 Å². The first-order valence-corrected chi connectivity index (χ1v) is 13.1. The number of carbonyl (C=O) groups is 1. The molecule has 1 amide bonds. The molecular formula is C34H33N3O2. The molecule has 0 unspecified atom stereocenters. The van der Waals surface area contributed by atoms with Crippen molar-refractivity contribution in [3.63, 3.8) is 0 Å². The molecule has 5 nitrogen and oxygen atoms in total. The number of aryl methyl sites for hydroxylation is 6. The van der Waals surface area contributed by atoms with Gasteiger partial charge in [0.25, 0.3) is 5.91 Å². The van der Waals surface area contributed by atoms with Crippen molar-refractivity contribution in [2.45, 2.75) is 41.5 Å². The van der Waals surface area contributed by atoms with E-state index in [2.05, 4.69) is 5.32 Å². The highest BCUT2D eigenvalue weighted by molar-refractivity contribution is 6.51. The lowest BCUT2D eigenvalue weighted by molar-refractivity contribution is -0.110. The van der Waals surface area contributed by atoms with E-state index in [0.717, 1.165) is 55.8 Å². The maximum absolute atomic E-state index is 14.3. The predicted octanol–water partition coefficient (Wildman–Crippen LogP) is 7.95. The van der Waals surface area contributed by atoms with Crippen molar-refractivity contribution in [3.05, 3.63) is 118 Å². The average Bonchev–Trinajstić information content (AvgIpc) is 3.18. The number of amides is 1. The summed E-state index contributed by atoms with van der Waals surface area (Å²) in [4.78, 5) is 19.4. The van der Waals surface area contributed by atoms with Gasteiger partial charge in [0.15, 0.2) is 5.71 Å². The predicted molar refractivity (Wildman–Crippen MR) is 161 cm³/mol. The van der Waals surface area contributed by atoms with Crippen LogP contribution in [-0.4, -0.2) is 21.3 Å². The fraction of sp³-hybridized carbons (Fsp3) is 0.176. The van der Waals surface area contributed by atoms with E-state index in [9.17, 15) is 9.90 Å². The van der Waals surface area contributed by atoms with Crippen LogP contribution in [0.5, 0.6) is 5.88 Å². The molecule has 0 fully saturated rings. The van der Waals surface area contributed by atoms with Crippen molar-refractivity contribution in [1.82, 2.24) is 4.57 Å². The number of benzene rings is 4. The van der Waals surface area contributed by atoms with Crippen molar-refractivity contribution in [2.24, 2.45) is 4.99 Å². The van der Waals surface area contributed by atoms with Crippen LogP contribution in [-0.2, 0) is 4.79 Å². The highest BCUT2D eigenvalue weighted by Gasteiger charge is 2.28. The van der Waals surface area contributed by atoms with Crippen LogP contribution >= 0.6 is 0 Å². The summed E-state index contributed by atoms with van der Waals surface area (Å²) >= 11 is 0. The normalized spacial score (nSPS) is 11.7. The fourth-order valence-corrected chi connectivity index (χ4v) is 5.33. The minimum Gasteiger partial charge on any atom is -0.494 e. The SMILES string of the molecule is Cc1cccc(C)c1N=C(C(=O)Nc1c(C)cccc1C)c1c2ccccc2c(O)n1-c1c(C)cccc1C. The van der Waals surface area contributed by atoms with E-state index < -0.39 is 0 Å². The van der Waals surface area contributed by atoms with Gasteiger partial charge in [-0.2, -0.15) is 0 Å². The number of carbonyl (C=O) groups excluding carboxylic acids is 1. The van der Waals surface area contributed by atoms with E-state index in [4.69, 9.17) is 4.99 Å². The van der Waals surface area contributed by atoms with E-state index >= 15 is 0 Å². The van der Waals surface area contributed by atoms with Crippen LogP contribution in [0.2, 0.25) is 0 Å². The van der Waals surface area contributed by atoms with Gasteiger partial charge in [0.2, 0.25) is 5.88 Å². The molecule has 0 aliphatic rings. The van der Waals surface area contributed by atoms with E-state index in [-0.39, 0.29) is 17.5 Å². The Labute approximate surface area is 229 Å². The van der Waals surface area contributed by atoms with Crippen LogP contribution < -0.4 is 5.32 Å². The number of hydrogen-bond donors (Lipinski definition) is 2. The van der Waals surface area contributed by atoms with Gasteiger partial charge in [0.05, 0.1) is 17.1 Å². The lowest BCUT2D eigenvalue weighted by atomic mass is 10.1. The Morgan fingerprint density at radius 2 is 1.15 bits per heavy atom. The largest absolute Gasteiger partial charge is 0.494 e. The molecule has 0 aliphatic carbocycles. The maximum Gasteiger partial charge on any atom is 0.276 e. The van der Waals surface area contributed by atoms with Gasteiger partial charge in [-0.15, -0.1) is 0 Å². The van der Waals surface area contributed by atoms with E-state index in [1.807, 2.05) is 120 Å². The third-order valence-corrected chi connectivity index (χ3v) is 7.34. The van der Waals surface area contributed by atoms with E-state index in [1.165, 1.54) is 0 Å². The Hall–Kier alpha value is -4.64. The Morgan fingerprint density at radius 1 is 0.667 bits per heavy atom. The van der Waals surface area contributed by atoms with Gasteiger partial charge >= 0.3 is 0 Å². The molecule has 0 bridgehead atoms. The van der Waals surface area contributed by atoms with Gasteiger partial charge < -0.3 is 10.4 Å². The van der Waals surface area contributed by atoms with Gasteiger partial charge in [-0.05, 0) is 81.0 Å². The zero-order valence-electron chi connectivity index (χ0n) is 23.3. The molecule has 0 aliphatic heterocycles.